The molecule has 0 atom stereocenters. The molecule has 2 rings (SSSR count). The minimum Gasteiger partial charge on any atom is -0.263 e. The molecule has 0 spiro atoms. The fourth-order valence-corrected chi connectivity index (χ4v) is 2.96. The van der Waals surface area contributed by atoms with Crippen LogP contribution in [0.15, 0.2) is 35.4 Å². The maximum atomic E-state index is 12.2. The van der Waals surface area contributed by atoms with Gasteiger partial charge < -0.3 is 0 Å². The molecule has 0 aliphatic heterocycles. The number of anilines is 1. The molecule has 2 aromatic rings. The van der Waals surface area contributed by atoms with E-state index in [0.717, 1.165) is 0 Å². The first-order valence-corrected chi connectivity index (χ1v) is 7.37. The maximum absolute atomic E-state index is 12.2. The summed E-state index contributed by atoms with van der Waals surface area (Å²) in [6, 6.07) is 7.06. The van der Waals surface area contributed by atoms with E-state index in [2.05, 4.69) is 14.7 Å². The van der Waals surface area contributed by atoms with Crippen molar-refractivity contribution in [2.24, 2.45) is 0 Å². The lowest BCUT2D eigenvalue weighted by Gasteiger charge is -2.08. The van der Waals surface area contributed by atoms with E-state index < -0.39 is 10.0 Å². The Morgan fingerprint density at radius 1 is 1.25 bits per heavy atom. The molecular formula is C11H6Cl2N4O2S. The fraction of sp³-hybridized carbons (Fsp3) is 0. The fourth-order valence-electron chi connectivity index (χ4n) is 1.40. The summed E-state index contributed by atoms with van der Waals surface area (Å²) in [6.07, 6.45) is 1.30. The van der Waals surface area contributed by atoms with E-state index in [1.165, 1.54) is 30.5 Å². The van der Waals surface area contributed by atoms with Gasteiger partial charge in [-0.3, -0.25) is 4.72 Å². The maximum Gasteiger partial charge on any atom is 0.264 e. The van der Waals surface area contributed by atoms with E-state index in [1.807, 2.05) is 0 Å². The Balaban J connectivity index is 2.46. The van der Waals surface area contributed by atoms with Crippen LogP contribution in [0, 0.1) is 11.3 Å². The molecule has 9 heteroatoms. The van der Waals surface area contributed by atoms with Gasteiger partial charge in [0.1, 0.15) is 16.8 Å². The van der Waals surface area contributed by atoms with Gasteiger partial charge in [0.15, 0.2) is 0 Å². The Morgan fingerprint density at radius 3 is 2.65 bits per heavy atom. The topological polar surface area (TPSA) is 95.7 Å². The molecule has 0 fully saturated rings. The largest absolute Gasteiger partial charge is 0.264 e. The first-order chi connectivity index (χ1) is 9.42. The molecule has 0 radical (unpaired) electrons. The van der Waals surface area contributed by atoms with Crippen molar-refractivity contribution in [2.75, 3.05) is 4.72 Å². The van der Waals surface area contributed by atoms with E-state index in [0.29, 0.717) is 0 Å². The van der Waals surface area contributed by atoms with Crippen molar-refractivity contribution >= 4 is 39.0 Å². The molecule has 0 saturated carbocycles. The van der Waals surface area contributed by atoms with Crippen molar-refractivity contribution in [3.05, 3.63) is 46.3 Å². The van der Waals surface area contributed by atoms with Crippen molar-refractivity contribution in [1.82, 2.24) is 9.97 Å². The quantitative estimate of drug-likeness (QED) is 0.873. The molecule has 1 aromatic heterocycles. The molecule has 20 heavy (non-hydrogen) atoms. The van der Waals surface area contributed by atoms with Crippen LogP contribution in [0.5, 0.6) is 0 Å². The van der Waals surface area contributed by atoms with Gasteiger partial charge in [0.25, 0.3) is 10.0 Å². The van der Waals surface area contributed by atoms with Crippen molar-refractivity contribution in [2.45, 2.75) is 4.90 Å². The number of benzene rings is 1. The first-order valence-electron chi connectivity index (χ1n) is 5.13. The summed E-state index contributed by atoms with van der Waals surface area (Å²) >= 11 is 11.3. The molecule has 0 amide bonds. The molecule has 1 N–H and O–H groups in total. The number of sulfonamides is 1. The van der Waals surface area contributed by atoms with E-state index in [4.69, 9.17) is 28.5 Å². The number of hydrogen-bond donors (Lipinski definition) is 1. The summed E-state index contributed by atoms with van der Waals surface area (Å²) in [5.41, 5.74) is -0.0259. The Hall–Kier alpha value is -1.88. The van der Waals surface area contributed by atoms with E-state index >= 15 is 0 Å². The van der Waals surface area contributed by atoms with Gasteiger partial charge in [-0.05, 0) is 35.9 Å². The third-order valence-electron chi connectivity index (χ3n) is 2.22. The van der Waals surface area contributed by atoms with Crippen LogP contribution >= 0.6 is 23.2 Å². The lowest BCUT2D eigenvalue weighted by molar-refractivity contribution is 0.601. The predicted molar refractivity (Wildman–Crippen MR) is 74.0 cm³/mol. The first kappa shape index (κ1) is 14.5. The molecule has 0 bridgehead atoms. The number of nitriles is 1. The summed E-state index contributed by atoms with van der Waals surface area (Å²) in [6.45, 7) is 0. The number of aromatic nitrogens is 2. The van der Waals surface area contributed by atoms with Gasteiger partial charge in [0, 0.05) is 11.2 Å². The average molecular weight is 329 g/mol. The lowest BCUT2D eigenvalue weighted by atomic mass is 10.2. The summed E-state index contributed by atoms with van der Waals surface area (Å²) in [5, 5.41) is 9.05. The van der Waals surface area contributed by atoms with Crippen LogP contribution in [0.3, 0.4) is 0 Å². The third-order valence-corrected chi connectivity index (χ3v) is 4.03. The molecule has 0 saturated heterocycles. The highest BCUT2D eigenvalue weighted by atomic mass is 35.5. The van der Waals surface area contributed by atoms with E-state index in [-0.39, 0.29) is 26.6 Å². The zero-order valence-corrected chi connectivity index (χ0v) is 12.0. The lowest BCUT2D eigenvalue weighted by Crippen LogP contribution is -2.15. The second kappa shape index (κ2) is 5.63. The average Bonchev–Trinajstić information content (AvgIpc) is 2.38. The van der Waals surface area contributed by atoms with Gasteiger partial charge in [0.05, 0.1) is 5.56 Å². The monoisotopic (exact) mass is 328 g/mol. The van der Waals surface area contributed by atoms with E-state index in [9.17, 15) is 8.42 Å². The van der Waals surface area contributed by atoms with Gasteiger partial charge >= 0.3 is 0 Å². The Bertz CT molecular complexity index is 802. The van der Waals surface area contributed by atoms with Crippen molar-refractivity contribution in [1.29, 1.82) is 5.26 Å². The minimum absolute atomic E-state index is 0.00568. The van der Waals surface area contributed by atoms with Crippen molar-refractivity contribution < 1.29 is 8.42 Å². The standard InChI is InChI=1S/C11H6Cl2N4O2S/c12-8-2-1-7(6-14)9(5-8)20(18,19)17-10-3-4-15-11(13)16-10/h1-5H,(H,15,16,17). The number of hydrogen-bond acceptors (Lipinski definition) is 5. The normalized spacial score (nSPS) is 10.8. The van der Waals surface area contributed by atoms with Crippen LogP contribution < -0.4 is 4.72 Å². The molecule has 1 aromatic carbocycles. The highest BCUT2D eigenvalue weighted by Crippen LogP contribution is 2.22. The van der Waals surface area contributed by atoms with Crippen molar-refractivity contribution in [3.63, 3.8) is 0 Å². The summed E-state index contributed by atoms with van der Waals surface area (Å²) in [7, 11) is -4.00. The van der Waals surface area contributed by atoms with Gasteiger partial charge in [-0.2, -0.15) is 10.2 Å². The van der Waals surface area contributed by atoms with Crippen LogP contribution in [0.2, 0.25) is 10.3 Å². The van der Waals surface area contributed by atoms with Gasteiger partial charge in [0.2, 0.25) is 5.28 Å². The van der Waals surface area contributed by atoms with Crippen LogP contribution in [-0.2, 0) is 10.0 Å². The minimum atomic E-state index is -4.00. The van der Waals surface area contributed by atoms with Crippen molar-refractivity contribution in [3.8, 4) is 6.07 Å². The SMILES string of the molecule is N#Cc1ccc(Cl)cc1S(=O)(=O)Nc1ccnc(Cl)n1. The molecule has 0 unspecified atom stereocenters. The van der Waals surface area contributed by atoms with Crippen LogP contribution in [0.4, 0.5) is 5.82 Å². The molecule has 0 aliphatic carbocycles. The number of rotatable bonds is 3. The second-order valence-electron chi connectivity index (χ2n) is 3.57. The van der Waals surface area contributed by atoms with E-state index in [1.54, 1.807) is 6.07 Å². The highest BCUT2D eigenvalue weighted by molar-refractivity contribution is 7.92. The zero-order valence-electron chi connectivity index (χ0n) is 9.71. The molecule has 102 valence electrons. The Labute approximate surface area is 125 Å². The smallest absolute Gasteiger partial charge is 0.263 e. The molecule has 6 nitrogen and oxygen atoms in total. The number of nitrogens with one attached hydrogen (secondary N) is 1. The third kappa shape index (κ3) is 3.17. The van der Waals surface area contributed by atoms with Crippen LogP contribution in [0.25, 0.3) is 0 Å². The summed E-state index contributed by atoms with van der Waals surface area (Å²) < 4.78 is 26.6. The summed E-state index contributed by atoms with van der Waals surface area (Å²) in [4.78, 5) is 7.11. The number of nitrogens with zero attached hydrogens (tertiary/aromatic N) is 3. The van der Waals surface area contributed by atoms with Crippen LogP contribution in [0.1, 0.15) is 5.56 Å². The second-order valence-corrected chi connectivity index (χ2v) is 5.99. The molecule has 0 aliphatic rings. The predicted octanol–water partition coefficient (Wildman–Crippen LogP) is 2.46. The molecular weight excluding hydrogens is 323 g/mol. The van der Waals surface area contributed by atoms with Crippen LogP contribution in [-0.4, -0.2) is 18.4 Å². The molecule has 1 heterocycles. The van der Waals surface area contributed by atoms with Gasteiger partial charge in [-0.1, -0.05) is 11.6 Å². The Morgan fingerprint density at radius 2 is 2.00 bits per heavy atom. The number of halogens is 2. The zero-order chi connectivity index (χ0) is 14.8. The Kier molecular flexibility index (Phi) is 4.09. The summed E-state index contributed by atoms with van der Waals surface area (Å²) in [5.74, 6) is -0.00568. The van der Waals surface area contributed by atoms with Gasteiger partial charge in [-0.15, -0.1) is 0 Å². The van der Waals surface area contributed by atoms with Gasteiger partial charge in [-0.25, -0.2) is 13.4 Å². The highest BCUT2D eigenvalue weighted by Gasteiger charge is 2.20.